The van der Waals surface area contributed by atoms with Gasteiger partial charge in [0.05, 0.1) is 0 Å². The summed E-state index contributed by atoms with van der Waals surface area (Å²) in [7, 11) is 0. The maximum Gasteiger partial charge on any atom is 0.573 e. The smallest absolute Gasteiger partial charge is 0.406 e. The first kappa shape index (κ1) is 12.9. The van der Waals surface area contributed by atoms with Gasteiger partial charge in [-0.15, -0.1) is 13.2 Å². The predicted molar refractivity (Wildman–Crippen MR) is 59.3 cm³/mol. The highest BCUT2D eigenvalue weighted by Gasteiger charge is 2.31. The Bertz CT molecular complexity index is 413. The average Bonchev–Trinajstić information content (AvgIpc) is 2.29. The molecule has 0 heterocycles. The van der Waals surface area contributed by atoms with Gasteiger partial charge in [0.15, 0.2) is 0 Å². The maximum absolute atomic E-state index is 12.0. The lowest BCUT2D eigenvalue weighted by molar-refractivity contribution is -0.274. The first-order valence-corrected chi connectivity index (χ1v) is 5.81. The van der Waals surface area contributed by atoms with Crippen LogP contribution in [0.3, 0.4) is 0 Å². The molecule has 2 nitrogen and oxygen atoms in total. The van der Waals surface area contributed by atoms with E-state index < -0.39 is 6.36 Å². The molecule has 0 amide bonds. The number of carbonyl (C=O) groups is 1. The van der Waals surface area contributed by atoms with Gasteiger partial charge in [-0.05, 0) is 36.5 Å². The summed E-state index contributed by atoms with van der Waals surface area (Å²) in [5, 5.41) is 0. The Balaban J connectivity index is 2.01. The van der Waals surface area contributed by atoms with Gasteiger partial charge >= 0.3 is 6.36 Å². The van der Waals surface area contributed by atoms with Crippen molar-refractivity contribution in [3.63, 3.8) is 0 Å². The standard InChI is InChI=1S/C13H13F3O2/c14-13(15,16)18-12-7-3-10(4-8-12)9-1-5-11(17)6-2-9/h3-4,7-9H,1-2,5-6H2. The fourth-order valence-corrected chi connectivity index (χ4v) is 2.21. The first-order chi connectivity index (χ1) is 8.44. The lowest BCUT2D eigenvalue weighted by Crippen LogP contribution is -2.17. The van der Waals surface area contributed by atoms with E-state index in [-0.39, 0.29) is 17.5 Å². The zero-order valence-electron chi connectivity index (χ0n) is 9.67. The van der Waals surface area contributed by atoms with Crippen LogP contribution in [0.2, 0.25) is 0 Å². The van der Waals surface area contributed by atoms with Crippen molar-refractivity contribution in [1.29, 1.82) is 0 Å². The number of rotatable bonds is 2. The molecule has 98 valence electrons. The van der Waals surface area contributed by atoms with Crippen LogP contribution in [0.4, 0.5) is 13.2 Å². The number of halogens is 3. The summed E-state index contributed by atoms with van der Waals surface area (Å²) in [4.78, 5) is 11.1. The van der Waals surface area contributed by atoms with Gasteiger partial charge in [0, 0.05) is 12.8 Å². The van der Waals surface area contributed by atoms with Crippen LogP contribution >= 0.6 is 0 Å². The molecule has 2 rings (SSSR count). The van der Waals surface area contributed by atoms with E-state index in [0.29, 0.717) is 12.8 Å². The van der Waals surface area contributed by atoms with E-state index in [1.54, 1.807) is 12.1 Å². The van der Waals surface area contributed by atoms with E-state index in [0.717, 1.165) is 18.4 Å². The van der Waals surface area contributed by atoms with Gasteiger partial charge in [0.2, 0.25) is 0 Å². The van der Waals surface area contributed by atoms with Crippen LogP contribution in [0.15, 0.2) is 24.3 Å². The molecule has 0 radical (unpaired) electrons. The number of carbonyl (C=O) groups excluding carboxylic acids is 1. The molecular weight excluding hydrogens is 245 g/mol. The van der Waals surface area contributed by atoms with Crippen molar-refractivity contribution in [1.82, 2.24) is 0 Å². The third kappa shape index (κ3) is 3.48. The molecule has 0 N–H and O–H groups in total. The van der Waals surface area contributed by atoms with Gasteiger partial charge in [-0.25, -0.2) is 0 Å². The third-order valence-corrected chi connectivity index (χ3v) is 3.13. The van der Waals surface area contributed by atoms with E-state index in [4.69, 9.17) is 0 Å². The summed E-state index contributed by atoms with van der Waals surface area (Å²) in [5.41, 5.74) is 0.969. The van der Waals surface area contributed by atoms with Crippen molar-refractivity contribution < 1.29 is 22.7 Å². The Hall–Kier alpha value is -1.52. The highest BCUT2D eigenvalue weighted by Crippen LogP contribution is 2.32. The number of Topliss-reactive ketones (excluding diaryl/α,β-unsaturated/α-hetero) is 1. The van der Waals surface area contributed by atoms with Crippen LogP contribution in [0.1, 0.15) is 37.2 Å². The molecule has 1 aromatic rings. The van der Waals surface area contributed by atoms with Crippen LogP contribution in [0.25, 0.3) is 0 Å². The highest BCUT2D eigenvalue weighted by atomic mass is 19.4. The van der Waals surface area contributed by atoms with Crippen molar-refractivity contribution in [2.75, 3.05) is 0 Å². The van der Waals surface area contributed by atoms with E-state index in [1.807, 2.05) is 0 Å². The molecule has 0 spiro atoms. The fourth-order valence-electron chi connectivity index (χ4n) is 2.21. The zero-order valence-corrected chi connectivity index (χ0v) is 9.67. The molecule has 1 aliphatic carbocycles. The lowest BCUT2D eigenvalue weighted by Gasteiger charge is -2.21. The number of alkyl halides is 3. The van der Waals surface area contributed by atoms with Crippen LogP contribution in [-0.4, -0.2) is 12.1 Å². The minimum atomic E-state index is -4.65. The van der Waals surface area contributed by atoms with Crippen molar-refractivity contribution in [2.45, 2.75) is 38.0 Å². The largest absolute Gasteiger partial charge is 0.573 e. The second-order valence-electron chi connectivity index (χ2n) is 4.43. The number of ketones is 1. The number of hydrogen-bond donors (Lipinski definition) is 0. The minimum Gasteiger partial charge on any atom is -0.406 e. The number of benzene rings is 1. The Morgan fingerprint density at radius 2 is 1.61 bits per heavy atom. The van der Waals surface area contributed by atoms with E-state index >= 15 is 0 Å². The maximum atomic E-state index is 12.0. The molecule has 1 fully saturated rings. The number of ether oxygens (including phenoxy) is 1. The minimum absolute atomic E-state index is 0.210. The summed E-state index contributed by atoms with van der Waals surface area (Å²) >= 11 is 0. The molecule has 0 saturated heterocycles. The van der Waals surface area contributed by atoms with Gasteiger partial charge in [-0.2, -0.15) is 0 Å². The number of hydrogen-bond acceptors (Lipinski definition) is 2. The summed E-state index contributed by atoms with van der Waals surface area (Å²) < 4.78 is 39.7. The van der Waals surface area contributed by atoms with Gasteiger partial charge < -0.3 is 4.74 Å². The molecule has 1 saturated carbocycles. The molecule has 1 aliphatic rings. The summed E-state index contributed by atoms with van der Waals surface area (Å²) in [5.74, 6) is 0.323. The van der Waals surface area contributed by atoms with E-state index in [1.165, 1.54) is 12.1 Å². The summed E-state index contributed by atoms with van der Waals surface area (Å²) in [6.45, 7) is 0. The third-order valence-electron chi connectivity index (χ3n) is 3.13. The Labute approximate surface area is 103 Å². The van der Waals surface area contributed by atoms with Gasteiger partial charge in [-0.3, -0.25) is 4.79 Å². The van der Waals surface area contributed by atoms with Crippen LogP contribution in [0.5, 0.6) is 5.75 Å². The summed E-state index contributed by atoms with van der Waals surface area (Å²) in [6.07, 6.45) is -1.98. The van der Waals surface area contributed by atoms with Gasteiger partial charge in [0.1, 0.15) is 11.5 Å². The second kappa shape index (κ2) is 5.00. The Morgan fingerprint density at radius 1 is 1.06 bits per heavy atom. The monoisotopic (exact) mass is 258 g/mol. The molecule has 0 aliphatic heterocycles. The Kier molecular flexibility index (Phi) is 3.59. The quantitative estimate of drug-likeness (QED) is 0.806. The SMILES string of the molecule is O=C1CCC(c2ccc(OC(F)(F)F)cc2)CC1. The lowest BCUT2D eigenvalue weighted by atomic mass is 9.83. The van der Waals surface area contributed by atoms with Crippen molar-refractivity contribution >= 4 is 5.78 Å². The van der Waals surface area contributed by atoms with Crippen molar-refractivity contribution in [3.05, 3.63) is 29.8 Å². The van der Waals surface area contributed by atoms with Gasteiger partial charge in [-0.1, -0.05) is 12.1 Å². The molecule has 1 aromatic carbocycles. The van der Waals surface area contributed by atoms with Crippen molar-refractivity contribution in [2.24, 2.45) is 0 Å². The fraction of sp³-hybridized carbons (Fsp3) is 0.462. The van der Waals surface area contributed by atoms with Crippen LogP contribution < -0.4 is 4.74 Å². The van der Waals surface area contributed by atoms with Crippen LogP contribution in [0, 0.1) is 0 Å². The zero-order chi connectivity index (χ0) is 13.2. The average molecular weight is 258 g/mol. The predicted octanol–water partition coefficient (Wildman–Crippen LogP) is 3.81. The normalized spacial score (nSPS) is 17.8. The molecular formula is C13H13F3O2. The summed E-state index contributed by atoms with van der Waals surface area (Å²) in [6, 6.07) is 5.92. The first-order valence-electron chi connectivity index (χ1n) is 5.81. The molecule has 5 heteroatoms. The van der Waals surface area contributed by atoms with E-state index in [9.17, 15) is 18.0 Å². The molecule has 0 bridgehead atoms. The highest BCUT2D eigenvalue weighted by molar-refractivity contribution is 5.79. The second-order valence-corrected chi connectivity index (χ2v) is 4.43. The molecule has 0 unspecified atom stereocenters. The van der Waals surface area contributed by atoms with Crippen molar-refractivity contribution in [3.8, 4) is 5.75 Å². The Morgan fingerprint density at radius 3 is 2.11 bits per heavy atom. The van der Waals surface area contributed by atoms with Crippen LogP contribution in [-0.2, 0) is 4.79 Å². The van der Waals surface area contributed by atoms with Gasteiger partial charge in [0.25, 0.3) is 0 Å². The molecule has 18 heavy (non-hydrogen) atoms. The molecule has 0 aromatic heterocycles. The van der Waals surface area contributed by atoms with E-state index in [2.05, 4.69) is 4.74 Å². The molecule has 0 atom stereocenters. The topological polar surface area (TPSA) is 26.3 Å².